The zero-order valence-corrected chi connectivity index (χ0v) is 15.4. The largest absolute Gasteiger partial charge is 0.388 e. The molecular formula is C18H27NO3S. The van der Waals surface area contributed by atoms with E-state index in [1.165, 1.54) is 4.31 Å². The molecule has 2 aliphatic rings. The van der Waals surface area contributed by atoms with Crippen molar-refractivity contribution >= 4 is 10.0 Å². The van der Waals surface area contributed by atoms with Crippen LogP contribution in [0.3, 0.4) is 0 Å². The van der Waals surface area contributed by atoms with Gasteiger partial charge in [0.2, 0.25) is 10.0 Å². The first-order chi connectivity index (χ1) is 10.5. The van der Waals surface area contributed by atoms with Crippen LogP contribution in [0.4, 0.5) is 0 Å². The number of benzene rings is 1. The molecule has 0 bridgehead atoms. The molecule has 0 saturated heterocycles. The summed E-state index contributed by atoms with van der Waals surface area (Å²) in [4.78, 5) is 0.293. The molecule has 0 unspecified atom stereocenters. The summed E-state index contributed by atoms with van der Waals surface area (Å²) < 4.78 is 27.5. The average molecular weight is 337 g/mol. The molecule has 3 rings (SSSR count). The highest BCUT2D eigenvalue weighted by Gasteiger charge is 2.68. The van der Waals surface area contributed by atoms with Crippen molar-refractivity contribution in [3.05, 3.63) is 29.8 Å². The van der Waals surface area contributed by atoms with Crippen molar-refractivity contribution in [2.75, 3.05) is 7.05 Å². The summed E-state index contributed by atoms with van der Waals surface area (Å²) in [6, 6.07) is 6.54. The molecule has 0 aliphatic heterocycles. The van der Waals surface area contributed by atoms with E-state index >= 15 is 0 Å². The van der Waals surface area contributed by atoms with Gasteiger partial charge in [-0.15, -0.1) is 0 Å². The molecule has 0 radical (unpaired) electrons. The van der Waals surface area contributed by atoms with Crippen LogP contribution in [0.2, 0.25) is 0 Å². The van der Waals surface area contributed by atoms with Gasteiger partial charge in [-0.25, -0.2) is 8.42 Å². The summed E-state index contributed by atoms with van der Waals surface area (Å²) in [5.74, 6) is 0.722. The van der Waals surface area contributed by atoms with E-state index in [4.69, 9.17) is 0 Å². The Balaban J connectivity index is 1.97. The van der Waals surface area contributed by atoms with Gasteiger partial charge >= 0.3 is 0 Å². The summed E-state index contributed by atoms with van der Waals surface area (Å²) in [6.07, 6.45) is 1.62. The summed E-state index contributed by atoms with van der Waals surface area (Å²) in [5.41, 5.74) is 0.142. The number of hydrogen-bond donors (Lipinski definition) is 1. The Hall–Kier alpha value is -0.910. The SMILES string of the molecule is Cc1ccc(S(=O)(=O)N(C)[C@H]2[C@@H]3[C@@H](CC[C@@]2(C)O)C3(C)C)cc1. The lowest BCUT2D eigenvalue weighted by Gasteiger charge is -2.41. The number of aliphatic hydroxyl groups is 1. The van der Waals surface area contributed by atoms with Gasteiger partial charge < -0.3 is 5.11 Å². The molecule has 4 nitrogen and oxygen atoms in total. The number of hydrogen-bond acceptors (Lipinski definition) is 3. The Kier molecular flexibility index (Phi) is 3.71. The molecular weight excluding hydrogens is 310 g/mol. The van der Waals surface area contributed by atoms with Gasteiger partial charge in [0.25, 0.3) is 0 Å². The molecule has 1 aromatic carbocycles. The highest BCUT2D eigenvalue weighted by Crippen LogP contribution is 2.67. The van der Waals surface area contributed by atoms with E-state index in [0.29, 0.717) is 17.2 Å². The maximum absolute atomic E-state index is 13.0. The van der Waals surface area contributed by atoms with E-state index in [1.807, 2.05) is 19.1 Å². The van der Waals surface area contributed by atoms with E-state index in [2.05, 4.69) is 13.8 Å². The molecule has 0 amide bonds. The van der Waals surface area contributed by atoms with Crippen LogP contribution in [0.25, 0.3) is 0 Å². The molecule has 2 saturated carbocycles. The minimum absolute atomic E-state index is 0.0994. The molecule has 23 heavy (non-hydrogen) atoms. The maximum Gasteiger partial charge on any atom is 0.243 e. The third-order valence-electron chi connectivity index (χ3n) is 6.17. The molecule has 0 heterocycles. The normalized spacial score (nSPS) is 35.9. The van der Waals surface area contributed by atoms with Gasteiger partial charge in [-0.05, 0) is 56.1 Å². The lowest BCUT2D eigenvalue weighted by molar-refractivity contribution is -0.0378. The standard InChI is InChI=1S/C18H27NO3S/c1-12-6-8-13(9-7-12)23(21,22)19(5)16-15-14(17(15,2)3)10-11-18(16,4)20/h6-9,14-16,20H,10-11H2,1-5H3/t14-,15+,16+,18-/m1/s1. The van der Waals surface area contributed by atoms with Crippen LogP contribution in [0.15, 0.2) is 29.2 Å². The monoisotopic (exact) mass is 337 g/mol. The lowest BCUT2D eigenvalue weighted by atomic mass is 9.81. The highest BCUT2D eigenvalue weighted by molar-refractivity contribution is 7.89. The zero-order valence-electron chi connectivity index (χ0n) is 14.6. The topological polar surface area (TPSA) is 57.6 Å². The number of sulfonamides is 1. The van der Waals surface area contributed by atoms with Gasteiger partial charge in [0.15, 0.2) is 0 Å². The first-order valence-corrected chi connectivity index (χ1v) is 9.70. The summed E-state index contributed by atoms with van der Waals surface area (Å²) >= 11 is 0. The van der Waals surface area contributed by atoms with Crippen molar-refractivity contribution in [2.45, 2.75) is 57.1 Å². The lowest BCUT2D eigenvalue weighted by Crippen LogP contribution is -2.55. The van der Waals surface area contributed by atoms with Crippen molar-refractivity contribution in [2.24, 2.45) is 17.3 Å². The van der Waals surface area contributed by atoms with Gasteiger partial charge in [0.05, 0.1) is 16.5 Å². The van der Waals surface area contributed by atoms with E-state index in [1.54, 1.807) is 26.1 Å². The number of fused-ring (bicyclic) bond motifs is 1. The van der Waals surface area contributed by atoms with Crippen LogP contribution in [0.5, 0.6) is 0 Å². The fourth-order valence-corrected chi connectivity index (χ4v) is 6.06. The smallest absolute Gasteiger partial charge is 0.243 e. The van der Waals surface area contributed by atoms with Gasteiger partial charge in [-0.2, -0.15) is 4.31 Å². The predicted octanol–water partition coefficient (Wildman–Crippen LogP) is 2.80. The summed E-state index contributed by atoms with van der Waals surface area (Å²) in [6.45, 7) is 8.08. The van der Waals surface area contributed by atoms with Gasteiger partial charge in [-0.1, -0.05) is 31.5 Å². The maximum atomic E-state index is 13.0. The van der Waals surface area contributed by atoms with Crippen molar-refractivity contribution in [3.63, 3.8) is 0 Å². The number of rotatable bonds is 3. The van der Waals surface area contributed by atoms with Crippen molar-refractivity contribution in [3.8, 4) is 0 Å². The summed E-state index contributed by atoms with van der Waals surface area (Å²) in [5, 5.41) is 10.9. The molecule has 0 aromatic heterocycles. The molecule has 1 N–H and O–H groups in total. The molecule has 2 aliphatic carbocycles. The van der Waals surface area contributed by atoms with Crippen LogP contribution < -0.4 is 0 Å². The minimum Gasteiger partial charge on any atom is -0.388 e. The van der Waals surface area contributed by atoms with Crippen molar-refractivity contribution < 1.29 is 13.5 Å². The second-order valence-electron chi connectivity index (χ2n) is 8.13. The Morgan fingerprint density at radius 2 is 1.74 bits per heavy atom. The van der Waals surface area contributed by atoms with E-state index in [-0.39, 0.29) is 17.4 Å². The minimum atomic E-state index is -3.61. The second kappa shape index (κ2) is 5.04. The number of nitrogens with zero attached hydrogens (tertiary/aromatic N) is 1. The molecule has 0 spiro atoms. The van der Waals surface area contributed by atoms with Gasteiger partial charge in [0.1, 0.15) is 0 Å². The first kappa shape index (κ1) is 16.9. The highest BCUT2D eigenvalue weighted by atomic mass is 32.2. The second-order valence-corrected chi connectivity index (χ2v) is 10.1. The van der Waals surface area contributed by atoms with Gasteiger partial charge in [-0.3, -0.25) is 0 Å². The first-order valence-electron chi connectivity index (χ1n) is 8.26. The van der Waals surface area contributed by atoms with Crippen LogP contribution in [-0.4, -0.2) is 36.5 Å². The predicted molar refractivity (Wildman–Crippen MR) is 90.5 cm³/mol. The Morgan fingerprint density at radius 1 is 1.17 bits per heavy atom. The van der Waals surface area contributed by atoms with Crippen LogP contribution >= 0.6 is 0 Å². The van der Waals surface area contributed by atoms with E-state index in [9.17, 15) is 13.5 Å². The van der Waals surface area contributed by atoms with Crippen LogP contribution in [0, 0.1) is 24.2 Å². The molecule has 4 atom stereocenters. The fraction of sp³-hybridized carbons (Fsp3) is 0.667. The van der Waals surface area contributed by atoms with E-state index < -0.39 is 15.6 Å². The average Bonchev–Trinajstić information content (AvgIpc) is 2.99. The van der Waals surface area contributed by atoms with Gasteiger partial charge in [0, 0.05) is 7.05 Å². The molecule has 2 fully saturated rings. The summed E-state index contributed by atoms with van der Waals surface area (Å²) in [7, 11) is -1.99. The number of aryl methyl sites for hydroxylation is 1. The quantitative estimate of drug-likeness (QED) is 0.923. The molecule has 128 valence electrons. The van der Waals surface area contributed by atoms with Crippen molar-refractivity contribution in [1.29, 1.82) is 0 Å². The molecule has 5 heteroatoms. The van der Waals surface area contributed by atoms with Crippen LogP contribution in [0.1, 0.15) is 39.2 Å². The Labute approximate surface area is 139 Å². The number of likely N-dealkylation sites (N-methyl/N-ethyl adjacent to an activating group) is 1. The third-order valence-corrected chi connectivity index (χ3v) is 8.02. The molecule has 1 aromatic rings. The van der Waals surface area contributed by atoms with Crippen LogP contribution in [-0.2, 0) is 10.0 Å². The Bertz CT molecular complexity index is 706. The van der Waals surface area contributed by atoms with E-state index in [0.717, 1.165) is 12.0 Å². The fourth-order valence-electron chi connectivity index (χ4n) is 4.59. The third kappa shape index (κ3) is 2.53. The zero-order chi connectivity index (χ0) is 17.2. The Morgan fingerprint density at radius 3 is 2.30 bits per heavy atom. The van der Waals surface area contributed by atoms with Crippen molar-refractivity contribution in [1.82, 2.24) is 4.31 Å².